The van der Waals surface area contributed by atoms with Crippen LogP contribution in [-0.2, 0) is 6.42 Å². The SMILES string of the molecule is Cc1ncc(C(=O)O)cc1CCCl. The summed E-state index contributed by atoms with van der Waals surface area (Å²) in [6.07, 6.45) is 2.01. The van der Waals surface area contributed by atoms with E-state index in [2.05, 4.69) is 4.98 Å². The van der Waals surface area contributed by atoms with Crippen molar-refractivity contribution >= 4 is 17.6 Å². The Bertz CT molecular complexity index is 325. The monoisotopic (exact) mass is 199 g/mol. The van der Waals surface area contributed by atoms with E-state index in [0.29, 0.717) is 12.3 Å². The smallest absolute Gasteiger partial charge is 0.337 e. The minimum absolute atomic E-state index is 0.214. The molecule has 0 atom stereocenters. The number of alkyl halides is 1. The number of carbonyl (C=O) groups is 1. The van der Waals surface area contributed by atoms with Crippen LogP contribution in [0, 0.1) is 6.92 Å². The molecular formula is C9H10ClNO2. The highest BCUT2D eigenvalue weighted by Gasteiger charge is 2.06. The molecule has 1 aromatic heterocycles. The number of carboxylic acid groups (broad SMARTS) is 1. The molecule has 0 bridgehead atoms. The Labute approximate surface area is 81.4 Å². The quantitative estimate of drug-likeness (QED) is 0.757. The molecule has 0 fully saturated rings. The zero-order chi connectivity index (χ0) is 9.84. The Hall–Kier alpha value is -1.09. The first-order valence-electron chi connectivity index (χ1n) is 3.90. The van der Waals surface area contributed by atoms with E-state index in [1.54, 1.807) is 6.07 Å². The van der Waals surface area contributed by atoms with Crippen molar-refractivity contribution in [1.82, 2.24) is 4.98 Å². The predicted octanol–water partition coefficient (Wildman–Crippen LogP) is 1.87. The molecule has 0 amide bonds. The molecule has 0 unspecified atom stereocenters. The van der Waals surface area contributed by atoms with E-state index in [1.807, 2.05) is 6.92 Å². The molecule has 1 N–H and O–H groups in total. The van der Waals surface area contributed by atoms with Crippen LogP contribution in [0.25, 0.3) is 0 Å². The van der Waals surface area contributed by atoms with Gasteiger partial charge in [0, 0.05) is 17.8 Å². The standard InChI is InChI=1S/C9H10ClNO2/c1-6-7(2-3-10)4-8(5-11-6)9(12)13/h4-5H,2-3H2,1H3,(H,12,13). The van der Waals surface area contributed by atoms with Gasteiger partial charge in [-0.1, -0.05) is 0 Å². The second-order valence-electron chi connectivity index (χ2n) is 2.71. The maximum absolute atomic E-state index is 10.6. The molecule has 0 aliphatic heterocycles. The number of aromatic nitrogens is 1. The lowest BCUT2D eigenvalue weighted by Crippen LogP contribution is -2.02. The zero-order valence-electron chi connectivity index (χ0n) is 7.25. The predicted molar refractivity (Wildman–Crippen MR) is 50.4 cm³/mol. The molecule has 1 rings (SSSR count). The molecule has 3 nitrogen and oxygen atoms in total. The first kappa shape index (κ1) is 9.99. The largest absolute Gasteiger partial charge is 0.478 e. The highest BCUT2D eigenvalue weighted by Crippen LogP contribution is 2.09. The zero-order valence-corrected chi connectivity index (χ0v) is 8.01. The van der Waals surface area contributed by atoms with Crippen LogP contribution < -0.4 is 0 Å². The van der Waals surface area contributed by atoms with Gasteiger partial charge >= 0.3 is 5.97 Å². The summed E-state index contributed by atoms with van der Waals surface area (Å²) in [5, 5.41) is 8.70. The average molecular weight is 200 g/mol. The van der Waals surface area contributed by atoms with Crippen molar-refractivity contribution < 1.29 is 9.90 Å². The maximum Gasteiger partial charge on any atom is 0.337 e. The number of carboxylic acids is 1. The first-order chi connectivity index (χ1) is 6.15. The fourth-order valence-corrected chi connectivity index (χ4v) is 1.25. The minimum atomic E-state index is -0.955. The van der Waals surface area contributed by atoms with E-state index in [9.17, 15) is 4.79 Å². The Morgan fingerprint density at radius 1 is 1.69 bits per heavy atom. The van der Waals surface area contributed by atoms with Crippen LogP contribution in [0.2, 0.25) is 0 Å². The molecule has 0 aliphatic carbocycles. The third-order valence-corrected chi connectivity index (χ3v) is 1.99. The topological polar surface area (TPSA) is 50.2 Å². The first-order valence-corrected chi connectivity index (χ1v) is 4.43. The molecule has 1 heterocycles. The number of aromatic carboxylic acids is 1. The summed E-state index contributed by atoms with van der Waals surface area (Å²) in [5.41, 5.74) is 1.95. The average Bonchev–Trinajstić information content (AvgIpc) is 2.08. The van der Waals surface area contributed by atoms with Crippen LogP contribution in [0.3, 0.4) is 0 Å². The Morgan fingerprint density at radius 3 is 2.92 bits per heavy atom. The minimum Gasteiger partial charge on any atom is -0.478 e. The van der Waals surface area contributed by atoms with E-state index in [4.69, 9.17) is 16.7 Å². The fraction of sp³-hybridized carbons (Fsp3) is 0.333. The van der Waals surface area contributed by atoms with Gasteiger partial charge in [-0.15, -0.1) is 11.6 Å². The van der Waals surface area contributed by atoms with E-state index >= 15 is 0 Å². The molecular weight excluding hydrogens is 190 g/mol. The lowest BCUT2D eigenvalue weighted by atomic mass is 10.1. The third-order valence-electron chi connectivity index (χ3n) is 1.80. The van der Waals surface area contributed by atoms with Crippen molar-refractivity contribution in [3.63, 3.8) is 0 Å². The summed E-state index contributed by atoms with van der Waals surface area (Å²) in [5.74, 6) is -0.477. The van der Waals surface area contributed by atoms with Crippen molar-refractivity contribution in [3.05, 3.63) is 29.1 Å². The summed E-state index contributed by atoms with van der Waals surface area (Å²) in [4.78, 5) is 14.6. The number of hydrogen-bond donors (Lipinski definition) is 1. The van der Waals surface area contributed by atoms with E-state index in [1.165, 1.54) is 6.20 Å². The summed E-state index contributed by atoms with van der Waals surface area (Å²) in [6, 6.07) is 1.62. The summed E-state index contributed by atoms with van der Waals surface area (Å²) < 4.78 is 0. The van der Waals surface area contributed by atoms with Crippen molar-refractivity contribution in [2.75, 3.05) is 5.88 Å². The molecule has 13 heavy (non-hydrogen) atoms. The van der Waals surface area contributed by atoms with Crippen molar-refractivity contribution in [2.45, 2.75) is 13.3 Å². The van der Waals surface area contributed by atoms with Crippen molar-refractivity contribution in [1.29, 1.82) is 0 Å². The summed E-state index contributed by atoms with van der Waals surface area (Å²) in [6.45, 7) is 1.84. The van der Waals surface area contributed by atoms with Crippen LogP contribution in [0.15, 0.2) is 12.3 Å². The Balaban J connectivity index is 3.03. The number of pyridine rings is 1. The maximum atomic E-state index is 10.6. The second-order valence-corrected chi connectivity index (χ2v) is 3.09. The fourth-order valence-electron chi connectivity index (χ4n) is 1.05. The van der Waals surface area contributed by atoms with Gasteiger partial charge in [0.1, 0.15) is 0 Å². The van der Waals surface area contributed by atoms with Gasteiger partial charge in [0.2, 0.25) is 0 Å². The Kier molecular flexibility index (Phi) is 3.25. The molecule has 0 radical (unpaired) electrons. The van der Waals surface area contributed by atoms with Crippen molar-refractivity contribution in [2.24, 2.45) is 0 Å². The highest BCUT2D eigenvalue weighted by molar-refractivity contribution is 6.18. The van der Waals surface area contributed by atoms with Gasteiger partial charge in [0.25, 0.3) is 0 Å². The molecule has 70 valence electrons. The van der Waals surface area contributed by atoms with Crippen LogP contribution in [-0.4, -0.2) is 21.9 Å². The molecule has 1 aromatic rings. The molecule has 0 saturated heterocycles. The molecule has 4 heteroatoms. The van der Waals surface area contributed by atoms with Gasteiger partial charge in [0.05, 0.1) is 5.56 Å². The molecule has 0 aliphatic rings. The summed E-state index contributed by atoms with van der Waals surface area (Å²) in [7, 11) is 0. The van der Waals surface area contributed by atoms with Gasteiger partial charge < -0.3 is 5.11 Å². The second kappa shape index (κ2) is 4.23. The molecule has 0 aromatic carbocycles. The number of rotatable bonds is 3. The molecule has 0 spiro atoms. The van der Waals surface area contributed by atoms with E-state index < -0.39 is 5.97 Å². The number of halogens is 1. The number of aryl methyl sites for hydroxylation is 2. The van der Waals surface area contributed by atoms with Gasteiger partial charge in [-0.3, -0.25) is 4.98 Å². The van der Waals surface area contributed by atoms with Gasteiger partial charge in [-0.05, 0) is 25.0 Å². The van der Waals surface area contributed by atoms with Crippen LogP contribution >= 0.6 is 11.6 Å². The van der Waals surface area contributed by atoms with Crippen LogP contribution in [0.1, 0.15) is 21.6 Å². The third kappa shape index (κ3) is 2.42. The van der Waals surface area contributed by atoms with Gasteiger partial charge in [-0.25, -0.2) is 4.79 Å². The number of nitrogens with zero attached hydrogens (tertiary/aromatic N) is 1. The van der Waals surface area contributed by atoms with Gasteiger partial charge in [0.15, 0.2) is 0 Å². The lowest BCUT2D eigenvalue weighted by Gasteiger charge is -2.03. The van der Waals surface area contributed by atoms with Crippen LogP contribution in [0.4, 0.5) is 0 Å². The van der Waals surface area contributed by atoms with Crippen LogP contribution in [0.5, 0.6) is 0 Å². The molecule has 0 saturated carbocycles. The highest BCUT2D eigenvalue weighted by atomic mass is 35.5. The normalized spacial score (nSPS) is 10.0. The van der Waals surface area contributed by atoms with E-state index in [-0.39, 0.29) is 5.56 Å². The van der Waals surface area contributed by atoms with Crippen molar-refractivity contribution in [3.8, 4) is 0 Å². The van der Waals surface area contributed by atoms with E-state index in [0.717, 1.165) is 11.3 Å². The van der Waals surface area contributed by atoms with Gasteiger partial charge in [-0.2, -0.15) is 0 Å². The summed E-state index contributed by atoms with van der Waals surface area (Å²) >= 11 is 5.56. The lowest BCUT2D eigenvalue weighted by molar-refractivity contribution is 0.0696. The number of hydrogen-bond acceptors (Lipinski definition) is 2. The Morgan fingerprint density at radius 2 is 2.38 bits per heavy atom.